The van der Waals surface area contributed by atoms with Crippen molar-refractivity contribution in [1.82, 2.24) is 19.9 Å². The summed E-state index contributed by atoms with van der Waals surface area (Å²) in [6.07, 6.45) is 1.98. The number of aromatic nitrogens is 3. The number of nitrogens with zero attached hydrogens (tertiary/aromatic N) is 3. The van der Waals surface area contributed by atoms with E-state index in [2.05, 4.69) is 29.2 Å². The van der Waals surface area contributed by atoms with Gasteiger partial charge in [0, 0.05) is 43.6 Å². The van der Waals surface area contributed by atoms with Gasteiger partial charge in [-0.2, -0.15) is 5.10 Å². The van der Waals surface area contributed by atoms with Crippen LogP contribution in [0.3, 0.4) is 0 Å². The second kappa shape index (κ2) is 8.94. The Morgan fingerprint density at radius 1 is 1.32 bits per heavy atom. The first kappa shape index (κ1) is 19.4. The first-order valence-electron chi connectivity index (χ1n) is 9.05. The number of nitrogens with one attached hydrogen (secondary N) is 1. The molecule has 0 radical (unpaired) electrons. The number of hydrogen-bond donors (Lipinski definition) is 1. The molecule has 0 bridgehead atoms. The molecule has 2 rings (SSSR count). The van der Waals surface area contributed by atoms with Crippen molar-refractivity contribution in [2.45, 2.75) is 53.9 Å². The normalized spacial score (nSPS) is 11.4. The first-order chi connectivity index (χ1) is 11.9. The fourth-order valence-electron chi connectivity index (χ4n) is 2.85. The molecule has 2 heterocycles. The molecule has 0 aromatic carbocycles. The van der Waals surface area contributed by atoms with Gasteiger partial charge in [-0.25, -0.2) is 9.50 Å². The van der Waals surface area contributed by atoms with Gasteiger partial charge in [0.15, 0.2) is 5.65 Å². The van der Waals surface area contributed by atoms with Gasteiger partial charge in [-0.15, -0.1) is 0 Å². The Bertz CT molecular complexity index is 722. The van der Waals surface area contributed by atoms with Crippen molar-refractivity contribution in [3.05, 3.63) is 28.7 Å². The Kier molecular flexibility index (Phi) is 6.93. The lowest BCUT2D eigenvalue weighted by Gasteiger charge is -2.11. The van der Waals surface area contributed by atoms with E-state index in [1.165, 1.54) is 0 Å². The molecule has 1 N–H and O–H groups in total. The Balaban J connectivity index is 1.81. The van der Waals surface area contributed by atoms with Gasteiger partial charge in [0.05, 0.1) is 5.69 Å². The molecule has 0 aliphatic heterocycles. The molecule has 0 aliphatic rings. The van der Waals surface area contributed by atoms with Crippen LogP contribution in [0.25, 0.3) is 5.65 Å². The summed E-state index contributed by atoms with van der Waals surface area (Å²) in [5, 5.41) is 7.43. The van der Waals surface area contributed by atoms with Crippen LogP contribution in [0.4, 0.5) is 0 Å². The van der Waals surface area contributed by atoms with Gasteiger partial charge in [-0.05, 0) is 45.1 Å². The van der Waals surface area contributed by atoms with Crippen molar-refractivity contribution in [2.75, 3.05) is 19.8 Å². The van der Waals surface area contributed by atoms with Gasteiger partial charge in [0.25, 0.3) is 0 Å². The summed E-state index contributed by atoms with van der Waals surface area (Å²) in [6.45, 7) is 12.4. The molecule has 2 aromatic heterocycles. The molecular formula is C19H30N4O2. The number of aryl methyl sites for hydroxylation is 3. The third kappa shape index (κ3) is 5.53. The van der Waals surface area contributed by atoms with E-state index in [1.54, 1.807) is 0 Å². The fraction of sp³-hybridized carbons (Fsp3) is 0.632. The molecule has 0 atom stereocenters. The van der Waals surface area contributed by atoms with Crippen molar-refractivity contribution in [2.24, 2.45) is 5.92 Å². The van der Waals surface area contributed by atoms with E-state index in [-0.39, 0.29) is 5.91 Å². The molecular weight excluding hydrogens is 316 g/mol. The highest BCUT2D eigenvalue weighted by Crippen LogP contribution is 2.16. The van der Waals surface area contributed by atoms with Crippen LogP contribution in [0.5, 0.6) is 0 Å². The van der Waals surface area contributed by atoms with Gasteiger partial charge in [0.1, 0.15) is 0 Å². The third-order valence-corrected chi connectivity index (χ3v) is 4.13. The standard InChI is InChI=1S/C19H30N4O2/c1-13(2)12-25-10-6-9-20-19(24)8-7-17-15(4)21-18-11-14(3)22-23(18)16(17)5/h11,13H,6-10,12H2,1-5H3,(H,20,24). The second-order valence-electron chi connectivity index (χ2n) is 6.99. The van der Waals surface area contributed by atoms with Gasteiger partial charge < -0.3 is 10.1 Å². The summed E-state index contributed by atoms with van der Waals surface area (Å²) in [7, 11) is 0. The van der Waals surface area contributed by atoms with E-state index in [9.17, 15) is 4.79 Å². The van der Waals surface area contributed by atoms with Gasteiger partial charge in [0.2, 0.25) is 5.91 Å². The Hall–Kier alpha value is -1.95. The fourth-order valence-corrected chi connectivity index (χ4v) is 2.85. The summed E-state index contributed by atoms with van der Waals surface area (Å²) in [6, 6.07) is 1.97. The largest absolute Gasteiger partial charge is 0.381 e. The summed E-state index contributed by atoms with van der Waals surface area (Å²) in [5.74, 6) is 0.616. The number of rotatable bonds is 9. The lowest BCUT2D eigenvalue weighted by molar-refractivity contribution is -0.121. The Morgan fingerprint density at radius 3 is 2.80 bits per heavy atom. The minimum Gasteiger partial charge on any atom is -0.381 e. The minimum atomic E-state index is 0.0689. The molecule has 1 amide bonds. The van der Waals surface area contributed by atoms with Crippen LogP contribution in [0, 0.1) is 26.7 Å². The number of carbonyl (C=O) groups excluding carboxylic acids is 1. The molecule has 25 heavy (non-hydrogen) atoms. The quantitative estimate of drug-likeness (QED) is 0.709. The van der Waals surface area contributed by atoms with Crippen LogP contribution in [0.1, 0.15) is 49.3 Å². The van der Waals surface area contributed by atoms with Crippen molar-refractivity contribution >= 4 is 11.6 Å². The molecule has 0 saturated heterocycles. The van der Waals surface area contributed by atoms with E-state index in [1.807, 2.05) is 31.4 Å². The highest BCUT2D eigenvalue weighted by atomic mass is 16.5. The molecule has 138 valence electrons. The number of fused-ring (bicyclic) bond motifs is 1. The summed E-state index contributed by atoms with van der Waals surface area (Å²) in [4.78, 5) is 16.7. The monoisotopic (exact) mass is 346 g/mol. The van der Waals surface area contributed by atoms with Crippen molar-refractivity contribution in [3.8, 4) is 0 Å². The van der Waals surface area contributed by atoms with E-state index < -0.39 is 0 Å². The van der Waals surface area contributed by atoms with E-state index in [0.29, 0.717) is 31.9 Å². The van der Waals surface area contributed by atoms with Gasteiger partial charge in [-0.3, -0.25) is 4.79 Å². The summed E-state index contributed by atoms with van der Waals surface area (Å²) in [5.41, 5.74) is 4.95. The van der Waals surface area contributed by atoms with Crippen LogP contribution >= 0.6 is 0 Å². The molecule has 6 nitrogen and oxygen atoms in total. The van der Waals surface area contributed by atoms with E-state index in [0.717, 1.165) is 41.3 Å². The Labute approximate surface area is 150 Å². The Morgan fingerprint density at radius 2 is 2.08 bits per heavy atom. The maximum absolute atomic E-state index is 12.1. The van der Waals surface area contributed by atoms with Gasteiger partial charge in [-0.1, -0.05) is 13.8 Å². The average molecular weight is 346 g/mol. The number of carbonyl (C=O) groups is 1. The summed E-state index contributed by atoms with van der Waals surface area (Å²) < 4.78 is 7.37. The highest BCUT2D eigenvalue weighted by Gasteiger charge is 2.12. The van der Waals surface area contributed by atoms with Crippen molar-refractivity contribution < 1.29 is 9.53 Å². The van der Waals surface area contributed by atoms with Crippen LogP contribution in [0.15, 0.2) is 6.07 Å². The van der Waals surface area contributed by atoms with Crippen LogP contribution in [-0.4, -0.2) is 40.3 Å². The maximum Gasteiger partial charge on any atom is 0.220 e. The molecule has 2 aromatic rings. The van der Waals surface area contributed by atoms with Crippen molar-refractivity contribution in [3.63, 3.8) is 0 Å². The molecule has 6 heteroatoms. The maximum atomic E-state index is 12.1. The topological polar surface area (TPSA) is 68.5 Å². The van der Waals surface area contributed by atoms with Crippen LogP contribution in [0.2, 0.25) is 0 Å². The minimum absolute atomic E-state index is 0.0689. The molecule has 0 unspecified atom stereocenters. The molecule has 0 fully saturated rings. The molecule has 0 saturated carbocycles. The average Bonchev–Trinajstić information content (AvgIpc) is 2.90. The van der Waals surface area contributed by atoms with Crippen molar-refractivity contribution in [1.29, 1.82) is 0 Å². The smallest absolute Gasteiger partial charge is 0.220 e. The number of ether oxygens (including phenoxy) is 1. The van der Waals surface area contributed by atoms with Crippen LogP contribution < -0.4 is 5.32 Å². The zero-order valence-electron chi connectivity index (χ0n) is 16.1. The van der Waals surface area contributed by atoms with Crippen LogP contribution in [-0.2, 0) is 16.0 Å². The number of amides is 1. The van der Waals surface area contributed by atoms with E-state index >= 15 is 0 Å². The highest BCUT2D eigenvalue weighted by molar-refractivity contribution is 5.76. The zero-order valence-corrected chi connectivity index (χ0v) is 16.1. The predicted octanol–water partition coefficient (Wildman–Crippen LogP) is 2.77. The SMILES string of the molecule is Cc1cc2nc(C)c(CCC(=O)NCCCOCC(C)C)c(C)n2n1. The third-order valence-electron chi connectivity index (χ3n) is 4.13. The lowest BCUT2D eigenvalue weighted by atomic mass is 10.1. The zero-order chi connectivity index (χ0) is 18.4. The first-order valence-corrected chi connectivity index (χ1v) is 9.05. The molecule has 0 aliphatic carbocycles. The summed E-state index contributed by atoms with van der Waals surface area (Å²) >= 11 is 0. The number of hydrogen-bond acceptors (Lipinski definition) is 4. The van der Waals surface area contributed by atoms with Gasteiger partial charge >= 0.3 is 0 Å². The predicted molar refractivity (Wildman–Crippen MR) is 98.8 cm³/mol. The second-order valence-corrected chi connectivity index (χ2v) is 6.99. The lowest BCUT2D eigenvalue weighted by Crippen LogP contribution is -2.26. The van der Waals surface area contributed by atoms with E-state index in [4.69, 9.17) is 4.74 Å². The molecule has 0 spiro atoms.